The van der Waals surface area contributed by atoms with E-state index < -0.39 is 0 Å². The van der Waals surface area contributed by atoms with E-state index in [1.807, 2.05) is 0 Å². The Balaban J connectivity index is 0.569. The van der Waals surface area contributed by atoms with Gasteiger partial charge in [0.25, 0.3) is 0 Å². The van der Waals surface area contributed by atoms with E-state index in [2.05, 4.69) is 516 Å². The van der Waals surface area contributed by atoms with E-state index in [9.17, 15) is 0 Å². The van der Waals surface area contributed by atoms with Crippen LogP contribution < -0.4 is 9.80 Å². The van der Waals surface area contributed by atoms with Crippen molar-refractivity contribution in [2.24, 2.45) is 0 Å². The molecule has 0 atom stereocenters. The molecule has 0 saturated carbocycles. The van der Waals surface area contributed by atoms with Crippen LogP contribution in [0.4, 0.5) is 34.1 Å². The van der Waals surface area contributed by atoms with Gasteiger partial charge in [0, 0.05) is 66.4 Å². The van der Waals surface area contributed by atoms with Gasteiger partial charge in [-0.2, -0.15) is 0 Å². The molecule has 2 aromatic heterocycles. The summed E-state index contributed by atoms with van der Waals surface area (Å²) >= 11 is 0. The topological polar surface area (TPSA) is 16.3 Å². The Labute approximate surface area is 733 Å². The monoisotopic (exact) mass is 1600 g/mol. The number of nitrogens with zero attached hydrogens (tertiary/aromatic N) is 4. The van der Waals surface area contributed by atoms with Gasteiger partial charge in [0.05, 0.1) is 33.4 Å². The number of aromatic nitrogens is 2. The molecule has 4 heteroatoms. The fourth-order valence-electron chi connectivity index (χ4n) is 18.9. The molecule has 590 valence electrons. The van der Waals surface area contributed by atoms with E-state index in [1.54, 1.807) is 0 Å². The summed E-state index contributed by atoms with van der Waals surface area (Å²) in [6, 6.07) is 183. The summed E-state index contributed by atoms with van der Waals surface area (Å²) in [6.45, 7) is 0. The van der Waals surface area contributed by atoms with Crippen LogP contribution in [-0.2, 0) is 0 Å². The van der Waals surface area contributed by atoms with Gasteiger partial charge in [-0.25, -0.2) is 0 Å². The Morgan fingerprint density at radius 3 is 0.611 bits per heavy atom. The molecule has 23 rings (SSSR count). The summed E-state index contributed by atoms with van der Waals surface area (Å²) in [5, 5.41) is 9.49. The number of hydrogen-bond donors (Lipinski definition) is 0. The second kappa shape index (κ2) is 32.1. The van der Waals surface area contributed by atoms with Crippen LogP contribution in [0.2, 0.25) is 0 Å². The van der Waals surface area contributed by atoms with Crippen molar-refractivity contribution in [3.8, 4) is 123 Å². The van der Waals surface area contributed by atoms with E-state index in [1.165, 1.54) is 121 Å². The van der Waals surface area contributed by atoms with Gasteiger partial charge >= 0.3 is 0 Å². The Morgan fingerprint density at radius 1 is 0.127 bits per heavy atom. The molecule has 0 N–H and O–H groups in total. The first-order valence-electron chi connectivity index (χ1n) is 43.3. The quantitative estimate of drug-likeness (QED) is 0.0851. The van der Waals surface area contributed by atoms with Gasteiger partial charge < -0.3 is 18.9 Å². The normalized spacial score (nSPS) is 11.5. The fraction of sp³-hybridized carbons (Fsp3) is 0. The maximum Gasteiger partial charge on any atom is 0.0541 e. The number of hydrogen-bond acceptors (Lipinski definition) is 2. The van der Waals surface area contributed by atoms with Crippen LogP contribution in [0.3, 0.4) is 0 Å². The third-order valence-corrected chi connectivity index (χ3v) is 25.4. The van der Waals surface area contributed by atoms with Crippen LogP contribution in [-0.4, -0.2) is 9.13 Å². The van der Waals surface area contributed by atoms with Gasteiger partial charge in [0.2, 0.25) is 0 Å². The van der Waals surface area contributed by atoms with Crippen LogP contribution in [0.1, 0.15) is 0 Å². The van der Waals surface area contributed by atoms with Gasteiger partial charge in [0.1, 0.15) is 0 Å². The molecular formula is C122H82N4. The first kappa shape index (κ1) is 74.4. The minimum absolute atomic E-state index is 1.03. The molecule has 0 saturated heterocycles. The Hall–Kier alpha value is -16.7. The molecule has 4 nitrogen and oxygen atoms in total. The van der Waals surface area contributed by atoms with Crippen molar-refractivity contribution in [3.63, 3.8) is 0 Å². The SMILES string of the molecule is c1ccc(-c2ccc(-c3ccc4c(c3)c3cc(-c5ccc(-c6ccccc6)cc5)ccc3n4-c3ccc(-c4ccc(N(c5cccc(N(c6ccc(-c7ccc(-n8c9ccc(-c%10ccc(-c%11ccccc%11)cc%10)cc9c9cc(-c%10ccc(-c%11ccccc%11)cc%10)ccc98)cc7)cc6)c6cccc7ccccc67)c5)c5cccc6ccccc56)cc4)cc3)cc2)cc1. The first-order valence-corrected chi connectivity index (χ1v) is 43.3. The van der Waals surface area contributed by atoms with Crippen LogP contribution in [0, 0.1) is 0 Å². The molecule has 0 spiro atoms. The van der Waals surface area contributed by atoms with Crippen molar-refractivity contribution in [3.05, 3.63) is 497 Å². The van der Waals surface area contributed by atoms with Crippen molar-refractivity contribution in [1.82, 2.24) is 9.13 Å². The Kier molecular flexibility index (Phi) is 18.9. The molecule has 0 fully saturated rings. The van der Waals surface area contributed by atoms with Crippen molar-refractivity contribution in [1.29, 1.82) is 0 Å². The lowest BCUT2D eigenvalue weighted by Gasteiger charge is -2.30. The number of rotatable bonds is 18. The summed E-state index contributed by atoms with van der Waals surface area (Å²) in [4.78, 5) is 4.86. The summed E-state index contributed by atoms with van der Waals surface area (Å²) < 4.78 is 4.87. The van der Waals surface area contributed by atoms with Gasteiger partial charge in [-0.15, -0.1) is 0 Å². The molecule has 0 aliphatic heterocycles. The molecule has 0 radical (unpaired) electrons. The third-order valence-electron chi connectivity index (χ3n) is 25.4. The van der Waals surface area contributed by atoms with Crippen molar-refractivity contribution < 1.29 is 0 Å². The van der Waals surface area contributed by atoms with Crippen molar-refractivity contribution >= 4 is 99.3 Å². The fourth-order valence-corrected chi connectivity index (χ4v) is 18.9. The average molecular weight is 1600 g/mol. The highest BCUT2D eigenvalue weighted by Crippen LogP contribution is 2.48. The summed E-state index contributed by atoms with van der Waals surface area (Å²) in [5.41, 5.74) is 36.8. The number of benzene rings is 21. The molecular weight excluding hydrogens is 1520 g/mol. The molecule has 0 aliphatic carbocycles. The lowest BCUT2D eigenvalue weighted by Crippen LogP contribution is -2.13. The number of fused-ring (bicyclic) bond motifs is 8. The first-order chi connectivity index (χ1) is 62.4. The van der Waals surface area contributed by atoms with E-state index >= 15 is 0 Å². The van der Waals surface area contributed by atoms with Crippen molar-refractivity contribution in [2.75, 3.05) is 9.80 Å². The summed E-state index contributed by atoms with van der Waals surface area (Å²) in [6.07, 6.45) is 0. The lowest BCUT2D eigenvalue weighted by molar-refractivity contribution is 1.18. The highest BCUT2D eigenvalue weighted by molar-refractivity contribution is 6.14. The molecule has 23 aromatic rings. The smallest absolute Gasteiger partial charge is 0.0541 e. The van der Waals surface area contributed by atoms with Crippen molar-refractivity contribution in [2.45, 2.75) is 0 Å². The molecule has 0 amide bonds. The molecule has 0 bridgehead atoms. The van der Waals surface area contributed by atoms with Crippen LogP contribution in [0.5, 0.6) is 0 Å². The summed E-state index contributed by atoms with van der Waals surface area (Å²) in [7, 11) is 0. The minimum Gasteiger partial charge on any atom is -0.310 e. The molecule has 126 heavy (non-hydrogen) atoms. The Bertz CT molecular complexity index is 7200. The molecule has 0 unspecified atom stereocenters. The predicted octanol–water partition coefficient (Wildman–Crippen LogP) is 33.8. The highest BCUT2D eigenvalue weighted by atomic mass is 15.2. The minimum atomic E-state index is 1.03. The highest BCUT2D eigenvalue weighted by Gasteiger charge is 2.24. The third kappa shape index (κ3) is 13.9. The molecule has 0 aliphatic rings. The molecule has 2 heterocycles. The average Bonchev–Trinajstić information content (AvgIpc) is 1.58. The maximum atomic E-state index is 2.44. The maximum absolute atomic E-state index is 2.44. The van der Waals surface area contributed by atoms with Crippen LogP contribution >= 0.6 is 0 Å². The largest absolute Gasteiger partial charge is 0.310 e. The van der Waals surface area contributed by atoms with Gasteiger partial charge in [-0.3, -0.25) is 0 Å². The number of anilines is 6. The van der Waals surface area contributed by atoms with Gasteiger partial charge in [-0.1, -0.05) is 370 Å². The zero-order chi connectivity index (χ0) is 83.4. The van der Waals surface area contributed by atoms with Crippen LogP contribution in [0.15, 0.2) is 497 Å². The Morgan fingerprint density at radius 2 is 0.333 bits per heavy atom. The van der Waals surface area contributed by atoms with E-state index in [-0.39, 0.29) is 0 Å². The zero-order valence-corrected chi connectivity index (χ0v) is 69.1. The van der Waals surface area contributed by atoms with Gasteiger partial charge in [0.15, 0.2) is 0 Å². The van der Waals surface area contributed by atoms with Gasteiger partial charge in [-0.05, 0) is 249 Å². The standard InChI is InChI=1S/C122H82N4/c1-5-20-83(21-6-1)87-38-46-95(47-39-87)101-62-74-119-113(78-101)114-79-102(96-48-40-88(41-49-96)84-22-7-2-8-23-84)63-75-120(114)125(119)107-70-58-93(59-71-107)91-54-66-105(67-55-91)123(117-36-17-30-99-28-13-15-34-111(99)117)109-32-19-33-110(82-109)124(118-37-18-31-100-29-14-16-35-112(100)118)106-68-56-92(57-69-106)94-60-72-108(73-61-94)126-121-76-64-103(97-50-42-89(43-51-97)85-24-9-3-10-25-85)80-115(121)116-81-104(65-77-122(116)126)98-52-44-90(45-53-98)86-26-11-4-12-27-86/h1-82H. The second-order valence-corrected chi connectivity index (χ2v) is 32.7. The predicted molar refractivity (Wildman–Crippen MR) is 534 cm³/mol. The van der Waals surface area contributed by atoms with E-state index in [0.717, 1.165) is 101 Å². The second-order valence-electron chi connectivity index (χ2n) is 32.7. The lowest BCUT2D eigenvalue weighted by atomic mass is 9.97. The van der Waals surface area contributed by atoms with Crippen LogP contribution in [0.25, 0.3) is 188 Å². The van der Waals surface area contributed by atoms with E-state index in [0.29, 0.717) is 0 Å². The zero-order valence-electron chi connectivity index (χ0n) is 69.1. The summed E-state index contributed by atoms with van der Waals surface area (Å²) in [5.74, 6) is 0. The van der Waals surface area contributed by atoms with E-state index in [4.69, 9.17) is 0 Å². The molecule has 21 aromatic carbocycles.